The van der Waals surface area contributed by atoms with Gasteiger partial charge in [-0.1, -0.05) is 42.5 Å². The van der Waals surface area contributed by atoms with E-state index in [0.717, 1.165) is 23.9 Å². The Labute approximate surface area is 153 Å². The molecule has 5 heteroatoms. The molecule has 2 atom stereocenters. The number of aliphatic hydroxyl groups excluding tert-OH is 1. The van der Waals surface area contributed by atoms with Crippen molar-refractivity contribution in [3.8, 4) is 0 Å². The van der Waals surface area contributed by atoms with Crippen molar-refractivity contribution >= 4 is 16.9 Å². The molecule has 3 aromatic rings. The maximum atomic E-state index is 12.5. The number of para-hydroxylation sites is 2. The number of aromatic nitrogens is 2. The topological polar surface area (TPSA) is 67.2 Å². The minimum Gasteiger partial charge on any atom is -0.385 e. The summed E-state index contributed by atoms with van der Waals surface area (Å²) in [5.74, 6) is 0.439. The van der Waals surface area contributed by atoms with Gasteiger partial charge in [0.1, 0.15) is 18.5 Å². The summed E-state index contributed by atoms with van der Waals surface area (Å²) in [7, 11) is 0. The van der Waals surface area contributed by atoms with Crippen LogP contribution in [0.4, 0.5) is 0 Å². The summed E-state index contributed by atoms with van der Waals surface area (Å²) >= 11 is 0. The van der Waals surface area contributed by atoms with Gasteiger partial charge in [-0.25, -0.2) is 4.98 Å². The van der Waals surface area contributed by atoms with Crippen LogP contribution < -0.4 is 5.32 Å². The van der Waals surface area contributed by atoms with Gasteiger partial charge < -0.3 is 15.0 Å². The summed E-state index contributed by atoms with van der Waals surface area (Å²) < 4.78 is 1.79. The van der Waals surface area contributed by atoms with Crippen LogP contribution in [0.5, 0.6) is 0 Å². The van der Waals surface area contributed by atoms with Gasteiger partial charge in [0.05, 0.1) is 11.0 Å². The largest absolute Gasteiger partial charge is 0.385 e. The fraction of sp³-hybridized carbons (Fsp3) is 0.333. The van der Waals surface area contributed by atoms with Crippen LogP contribution in [0.3, 0.4) is 0 Å². The summed E-state index contributed by atoms with van der Waals surface area (Å²) in [6.45, 7) is 3.83. The molecular weight excluding hydrogens is 326 g/mol. The van der Waals surface area contributed by atoms with Crippen molar-refractivity contribution in [2.45, 2.75) is 45.4 Å². The van der Waals surface area contributed by atoms with E-state index in [2.05, 4.69) is 22.4 Å². The Bertz CT molecular complexity index is 871. The minimum absolute atomic E-state index is 0.0735. The Morgan fingerprint density at radius 1 is 1.12 bits per heavy atom. The van der Waals surface area contributed by atoms with Crippen LogP contribution in [0, 0.1) is 0 Å². The van der Waals surface area contributed by atoms with E-state index in [9.17, 15) is 9.90 Å². The van der Waals surface area contributed by atoms with Gasteiger partial charge >= 0.3 is 0 Å². The van der Waals surface area contributed by atoms with E-state index in [1.54, 1.807) is 11.5 Å². The number of nitrogens with one attached hydrogen (secondary N) is 1. The molecule has 0 saturated heterocycles. The van der Waals surface area contributed by atoms with Crippen molar-refractivity contribution in [3.05, 3.63) is 66.0 Å². The molecule has 0 fully saturated rings. The number of aliphatic hydroxyl groups is 1. The van der Waals surface area contributed by atoms with E-state index in [-0.39, 0.29) is 18.5 Å². The van der Waals surface area contributed by atoms with Crippen LogP contribution in [0.2, 0.25) is 0 Å². The number of carbonyl (C=O) groups is 1. The summed E-state index contributed by atoms with van der Waals surface area (Å²) in [6.07, 6.45) is 1.07. The summed E-state index contributed by atoms with van der Waals surface area (Å²) in [6, 6.07) is 17.9. The average Bonchev–Trinajstić information content (AvgIpc) is 3.00. The molecule has 0 aliphatic heterocycles. The van der Waals surface area contributed by atoms with Crippen molar-refractivity contribution in [2.24, 2.45) is 0 Å². The molecule has 0 unspecified atom stereocenters. The Hall–Kier alpha value is -2.66. The highest BCUT2D eigenvalue weighted by Gasteiger charge is 2.17. The van der Waals surface area contributed by atoms with E-state index in [1.165, 1.54) is 5.56 Å². The Morgan fingerprint density at radius 3 is 2.54 bits per heavy atom. The number of hydrogen-bond acceptors (Lipinski definition) is 3. The van der Waals surface area contributed by atoms with Crippen LogP contribution in [0.25, 0.3) is 11.0 Å². The Kier molecular flexibility index (Phi) is 5.68. The molecule has 1 aromatic heterocycles. The number of imidazole rings is 1. The number of carbonyl (C=O) groups excluding carboxylic acids is 1. The summed E-state index contributed by atoms with van der Waals surface area (Å²) in [4.78, 5) is 17.0. The number of hydrogen-bond donors (Lipinski definition) is 2. The molecule has 0 radical (unpaired) electrons. The van der Waals surface area contributed by atoms with Crippen LogP contribution >= 0.6 is 0 Å². The van der Waals surface area contributed by atoms with Crippen molar-refractivity contribution in [2.75, 3.05) is 0 Å². The van der Waals surface area contributed by atoms with E-state index in [4.69, 9.17) is 0 Å². The molecule has 3 rings (SSSR count). The number of fused-ring (bicyclic) bond motifs is 1. The second-order valence-electron chi connectivity index (χ2n) is 6.71. The number of aryl methyl sites for hydroxylation is 1. The molecule has 0 saturated carbocycles. The normalized spacial score (nSPS) is 13.5. The summed E-state index contributed by atoms with van der Waals surface area (Å²) in [5, 5.41) is 13.0. The van der Waals surface area contributed by atoms with Gasteiger partial charge in [0.25, 0.3) is 0 Å². The molecule has 1 heterocycles. The van der Waals surface area contributed by atoms with Gasteiger partial charge in [0.15, 0.2) is 0 Å². The van der Waals surface area contributed by atoms with E-state index >= 15 is 0 Å². The van der Waals surface area contributed by atoms with Crippen LogP contribution in [-0.4, -0.2) is 26.6 Å². The molecule has 2 aromatic carbocycles. The molecule has 26 heavy (non-hydrogen) atoms. The third-order valence-electron chi connectivity index (χ3n) is 4.48. The molecule has 136 valence electrons. The van der Waals surface area contributed by atoms with Gasteiger partial charge in [-0.15, -0.1) is 0 Å². The molecule has 2 N–H and O–H groups in total. The average molecular weight is 351 g/mol. The van der Waals surface area contributed by atoms with Crippen LogP contribution in [-0.2, 0) is 17.8 Å². The predicted molar refractivity (Wildman–Crippen MR) is 103 cm³/mol. The van der Waals surface area contributed by atoms with E-state index in [1.807, 2.05) is 49.4 Å². The second-order valence-corrected chi connectivity index (χ2v) is 6.71. The van der Waals surface area contributed by atoms with Crippen LogP contribution in [0.1, 0.15) is 37.8 Å². The number of rotatable bonds is 7. The van der Waals surface area contributed by atoms with Crippen molar-refractivity contribution in [1.29, 1.82) is 0 Å². The molecule has 0 spiro atoms. The minimum atomic E-state index is -0.731. The lowest BCUT2D eigenvalue weighted by atomic mass is 10.1. The highest BCUT2D eigenvalue weighted by atomic mass is 16.3. The monoisotopic (exact) mass is 351 g/mol. The molecular formula is C21H25N3O2. The Balaban J connectivity index is 1.64. The molecule has 0 aliphatic carbocycles. The first-order chi connectivity index (χ1) is 12.5. The first kappa shape index (κ1) is 18.1. The zero-order valence-corrected chi connectivity index (χ0v) is 15.2. The lowest BCUT2D eigenvalue weighted by Crippen LogP contribution is -2.35. The number of amides is 1. The number of benzene rings is 2. The third-order valence-corrected chi connectivity index (χ3v) is 4.48. The maximum Gasteiger partial charge on any atom is 0.240 e. The highest BCUT2D eigenvalue weighted by molar-refractivity contribution is 5.81. The van der Waals surface area contributed by atoms with Gasteiger partial charge in [0, 0.05) is 6.04 Å². The highest BCUT2D eigenvalue weighted by Crippen LogP contribution is 2.20. The van der Waals surface area contributed by atoms with Crippen molar-refractivity contribution in [3.63, 3.8) is 0 Å². The quantitative estimate of drug-likeness (QED) is 0.687. The van der Waals surface area contributed by atoms with E-state index < -0.39 is 6.10 Å². The van der Waals surface area contributed by atoms with Crippen molar-refractivity contribution < 1.29 is 9.90 Å². The van der Waals surface area contributed by atoms with E-state index in [0.29, 0.717) is 5.82 Å². The van der Waals surface area contributed by atoms with Crippen LogP contribution in [0.15, 0.2) is 54.6 Å². The van der Waals surface area contributed by atoms with Gasteiger partial charge in [-0.05, 0) is 44.4 Å². The molecule has 0 aliphatic rings. The van der Waals surface area contributed by atoms with Gasteiger partial charge in [0.2, 0.25) is 5.91 Å². The second kappa shape index (κ2) is 8.15. The lowest BCUT2D eigenvalue weighted by Gasteiger charge is -2.16. The molecule has 1 amide bonds. The van der Waals surface area contributed by atoms with Crippen molar-refractivity contribution in [1.82, 2.24) is 14.9 Å². The maximum absolute atomic E-state index is 12.5. The fourth-order valence-corrected chi connectivity index (χ4v) is 3.14. The fourth-order valence-electron chi connectivity index (χ4n) is 3.14. The van der Waals surface area contributed by atoms with Gasteiger partial charge in [-0.3, -0.25) is 4.79 Å². The number of nitrogens with zero attached hydrogens (tertiary/aromatic N) is 2. The standard InChI is InChI=1S/C21H25N3O2/c1-15(12-13-17-8-4-3-5-9-17)22-20(26)14-24-19-11-7-6-10-18(19)23-21(24)16(2)25/h3-11,15-16,25H,12-14H2,1-2H3,(H,22,26)/t15-,16+/m1/s1. The smallest absolute Gasteiger partial charge is 0.240 e. The SMILES string of the molecule is C[C@H](CCc1ccccc1)NC(=O)Cn1c([C@H](C)O)nc2ccccc21. The molecule has 0 bridgehead atoms. The molecule has 5 nitrogen and oxygen atoms in total. The Morgan fingerprint density at radius 2 is 1.81 bits per heavy atom. The first-order valence-corrected chi connectivity index (χ1v) is 9.01. The van der Waals surface area contributed by atoms with Gasteiger partial charge in [-0.2, -0.15) is 0 Å². The zero-order chi connectivity index (χ0) is 18.5. The first-order valence-electron chi connectivity index (χ1n) is 9.01. The lowest BCUT2D eigenvalue weighted by molar-refractivity contribution is -0.122. The third kappa shape index (κ3) is 4.29. The zero-order valence-electron chi connectivity index (χ0n) is 15.2. The summed E-state index contributed by atoms with van der Waals surface area (Å²) in [5.41, 5.74) is 2.91. The predicted octanol–water partition coefficient (Wildman–Crippen LogP) is 3.23.